The Hall–Kier alpha value is -2.41. The molecular formula is C25H35NO6. The van der Waals surface area contributed by atoms with Crippen LogP contribution in [-0.4, -0.2) is 45.0 Å². The lowest BCUT2D eigenvalue weighted by atomic mass is 9.46. The summed E-state index contributed by atoms with van der Waals surface area (Å²) in [7, 11) is 0. The van der Waals surface area contributed by atoms with Crippen molar-refractivity contribution >= 4 is 17.5 Å². The molecule has 6 atom stereocenters. The molecule has 0 aromatic heterocycles. The molecule has 0 bridgehead atoms. The summed E-state index contributed by atoms with van der Waals surface area (Å²) < 4.78 is 0. The summed E-state index contributed by atoms with van der Waals surface area (Å²) in [6.07, 6.45) is 6.18. The smallest absolute Gasteiger partial charge is 0.328 e. The highest BCUT2D eigenvalue weighted by Crippen LogP contribution is 2.62. The van der Waals surface area contributed by atoms with Crippen LogP contribution in [0.5, 0.6) is 0 Å². The number of aliphatic hydroxyl groups is 2. The Kier molecular flexibility index (Phi) is 6.44. The normalized spacial score (nSPS) is 34.9. The van der Waals surface area contributed by atoms with Gasteiger partial charge in [-0.15, -0.1) is 0 Å². The van der Waals surface area contributed by atoms with E-state index < -0.39 is 35.4 Å². The van der Waals surface area contributed by atoms with E-state index in [1.54, 1.807) is 0 Å². The van der Waals surface area contributed by atoms with Gasteiger partial charge in [0.05, 0.1) is 11.8 Å². The maximum absolute atomic E-state index is 12.8. The highest BCUT2D eigenvalue weighted by molar-refractivity contribution is 6.48. The van der Waals surface area contributed by atoms with Crippen LogP contribution in [0.15, 0.2) is 34.8 Å². The number of rotatable bonds is 6. The predicted molar refractivity (Wildman–Crippen MR) is 120 cm³/mol. The monoisotopic (exact) mass is 445 g/mol. The summed E-state index contributed by atoms with van der Waals surface area (Å²) in [4.78, 5) is 36.8. The Balaban J connectivity index is 2.00. The number of allylic oxidation sites excluding steroid dienone is 4. The summed E-state index contributed by atoms with van der Waals surface area (Å²) in [6.45, 7) is 10.1. The van der Waals surface area contributed by atoms with Crippen molar-refractivity contribution in [1.29, 1.82) is 0 Å². The van der Waals surface area contributed by atoms with Crippen molar-refractivity contribution in [2.24, 2.45) is 22.7 Å². The molecule has 0 spiro atoms. The number of aliphatic carboxylic acids is 1. The molecule has 0 saturated heterocycles. The second-order valence-corrected chi connectivity index (χ2v) is 10.3. The van der Waals surface area contributed by atoms with Gasteiger partial charge in [0.25, 0.3) is 0 Å². The van der Waals surface area contributed by atoms with E-state index >= 15 is 0 Å². The lowest BCUT2D eigenvalue weighted by Gasteiger charge is -2.58. The number of hydrogen-bond acceptors (Lipinski definition) is 6. The topological polar surface area (TPSA) is 124 Å². The van der Waals surface area contributed by atoms with Crippen LogP contribution in [0.25, 0.3) is 0 Å². The molecule has 7 nitrogen and oxygen atoms in total. The SMILES string of the molecule is CC1=CCC[C@H]2[C@](C)(CC3=C(O)C(N[C@@H](C(=O)O)C(C)O)=CC(=O)C3=O)[C@@H](C)CC[C@]12C. The van der Waals surface area contributed by atoms with E-state index in [0.717, 1.165) is 31.8 Å². The van der Waals surface area contributed by atoms with Gasteiger partial charge in [0, 0.05) is 11.6 Å². The Bertz CT molecular complexity index is 929. The molecule has 0 aliphatic heterocycles. The zero-order valence-electron chi connectivity index (χ0n) is 19.6. The van der Waals surface area contributed by atoms with E-state index in [0.29, 0.717) is 5.92 Å². The van der Waals surface area contributed by atoms with Crippen molar-refractivity contribution in [2.45, 2.75) is 78.9 Å². The number of carbonyl (C=O) groups is 3. The highest BCUT2D eigenvalue weighted by Gasteiger charge is 2.54. The number of ketones is 2. The Morgan fingerprint density at radius 3 is 2.53 bits per heavy atom. The minimum absolute atomic E-state index is 0.00898. The molecule has 3 rings (SSSR count). The second-order valence-electron chi connectivity index (χ2n) is 10.3. The zero-order chi connectivity index (χ0) is 24.0. The first-order chi connectivity index (χ1) is 14.8. The van der Waals surface area contributed by atoms with Crippen LogP contribution in [0.1, 0.15) is 66.7 Å². The van der Waals surface area contributed by atoms with E-state index in [4.69, 9.17) is 0 Å². The third-order valence-electron chi connectivity index (χ3n) is 8.53. The number of hydrogen-bond donors (Lipinski definition) is 4. The van der Waals surface area contributed by atoms with Crippen LogP contribution >= 0.6 is 0 Å². The van der Waals surface area contributed by atoms with Gasteiger partial charge in [0.1, 0.15) is 5.76 Å². The van der Waals surface area contributed by atoms with Crippen molar-refractivity contribution in [3.05, 3.63) is 34.8 Å². The summed E-state index contributed by atoms with van der Waals surface area (Å²) in [5, 5.41) is 32.6. The second kappa shape index (κ2) is 8.50. The standard InChI is InChI=1S/C25H35NO6/c1-13-7-6-8-19-24(13,4)10-9-14(2)25(19,5)12-16-21(29)17(11-18(28)22(16)30)26-20(15(3)27)23(31)32/h7,11,14-15,19-20,26-27,29H,6,8-10,12H2,1-5H3,(H,31,32)/t14-,15?,19+,20+,24+,25+/m0/s1. The molecule has 32 heavy (non-hydrogen) atoms. The molecule has 7 heteroatoms. The van der Waals surface area contributed by atoms with Gasteiger partial charge in [-0.2, -0.15) is 0 Å². The third kappa shape index (κ3) is 3.91. The number of Topliss-reactive ketones (excluding diaryl/α,β-unsaturated/α-hetero) is 1. The molecule has 4 N–H and O–H groups in total. The van der Waals surface area contributed by atoms with Gasteiger partial charge in [-0.25, -0.2) is 4.79 Å². The van der Waals surface area contributed by atoms with Crippen molar-refractivity contribution in [2.75, 3.05) is 0 Å². The number of fused-ring (bicyclic) bond motifs is 1. The van der Waals surface area contributed by atoms with E-state index in [1.807, 2.05) is 0 Å². The number of aliphatic hydroxyl groups excluding tert-OH is 2. The summed E-state index contributed by atoms with van der Waals surface area (Å²) in [5.41, 5.74) is 0.947. The third-order valence-corrected chi connectivity index (χ3v) is 8.53. The van der Waals surface area contributed by atoms with E-state index in [2.05, 4.69) is 39.1 Å². The fourth-order valence-corrected chi connectivity index (χ4v) is 6.10. The van der Waals surface area contributed by atoms with Crippen molar-refractivity contribution in [1.82, 2.24) is 5.32 Å². The molecule has 0 radical (unpaired) electrons. The van der Waals surface area contributed by atoms with Gasteiger partial charge < -0.3 is 20.6 Å². The van der Waals surface area contributed by atoms with Gasteiger partial charge in [0.15, 0.2) is 6.04 Å². The summed E-state index contributed by atoms with van der Waals surface area (Å²) >= 11 is 0. The molecule has 0 heterocycles. The maximum atomic E-state index is 12.8. The van der Waals surface area contributed by atoms with Gasteiger partial charge in [-0.1, -0.05) is 32.4 Å². The van der Waals surface area contributed by atoms with Crippen LogP contribution < -0.4 is 5.32 Å². The molecule has 176 valence electrons. The molecule has 0 aromatic rings. The van der Waals surface area contributed by atoms with Crippen LogP contribution in [0.4, 0.5) is 0 Å². The minimum atomic E-state index is -1.43. The average molecular weight is 446 g/mol. The summed E-state index contributed by atoms with van der Waals surface area (Å²) in [5.74, 6) is -2.71. The molecular weight excluding hydrogens is 410 g/mol. The number of carboxylic acid groups (broad SMARTS) is 1. The highest BCUT2D eigenvalue weighted by atomic mass is 16.4. The van der Waals surface area contributed by atoms with Gasteiger partial charge in [-0.05, 0) is 68.6 Å². The van der Waals surface area contributed by atoms with Gasteiger partial charge >= 0.3 is 5.97 Å². The van der Waals surface area contributed by atoms with Gasteiger partial charge in [0.2, 0.25) is 11.6 Å². The molecule has 0 amide bonds. The fourth-order valence-electron chi connectivity index (χ4n) is 6.10. The molecule has 1 unspecified atom stereocenters. The molecule has 3 aliphatic carbocycles. The average Bonchev–Trinajstić information content (AvgIpc) is 2.71. The predicted octanol–water partition coefficient (Wildman–Crippen LogP) is 3.45. The Labute approximate surface area is 189 Å². The molecule has 3 aliphatic rings. The fraction of sp³-hybridized carbons (Fsp3) is 0.640. The first-order valence-electron chi connectivity index (χ1n) is 11.4. The Morgan fingerprint density at radius 2 is 1.94 bits per heavy atom. The van der Waals surface area contributed by atoms with Crippen molar-refractivity contribution in [3.8, 4) is 0 Å². The quantitative estimate of drug-likeness (QED) is 0.280. The van der Waals surface area contributed by atoms with E-state index in [1.165, 1.54) is 12.5 Å². The lowest BCUT2D eigenvalue weighted by molar-refractivity contribution is -0.141. The first kappa shape index (κ1) is 24.2. The number of nitrogens with one attached hydrogen (secondary N) is 1. The van der Waals surface area contributed by atoms with Crippen LogP contribution in [0.2, 0.25) is 0 Å². The minimum Gasteiger partial charge on any atom is -0.505 e. The summed E-state index contributed by atoms with van der Waals surface area (Å²) in [6, 6.07) is -1.43. The molecule has 1 fully saturated rings. The number of carboxylic acids is 1. The number of carbonyl (C=O) groups excluding carboxylic acids is 2. The van der Waals surface area contributed by atoms with Crippen LogP contribution in [-0.2, 0) is 14.4 Å². The maximum Gasteiger partial charge on any atom is 0.328 e. The van der Waals surface area contributed by atoms with E-state index in [9.17, 15) is 29.7 Å². The Morgan fingerprint density at radius 1 is 1.28 bits per heavy atom. The van der Waals surface area contributed by atoms with Crippen LogP contribution in [0, 0.1) is 22.7 Å². The van der Waals surface area contributed by atoms with Crippen molar-refractivity contribution in [3.63, 3.8) is 0 Å². The van der Waals surface area contributed by atoms with Gasteiger partial charge in [-0.3, -0.25) is 9.59 Å². The lowest BCUT2D eigenvalue weighted by Crippen LogP contribution is -2.50. The molecule has 1 saturated carbocycles. The first-order valence-corrected chi connectivity index (χ1v) is 11.4. The van der Waals surface area contributed by atoms with E-state index in [-0.39, 0.29) is 34.4 Å². The largest absolute Gasteiger partial charge is 0.505 e. The molecule has 0 aromatic carbocycles. The van der Waals surface area contributed by atoms with Crippen molar-refractivity contribution < 1.29 is 29.7 Å². The zero-order valence-corrected chi connectivity index (χ0v) is 19.6. The van der Waals surface area contributed by atoms with Crippen LogP contribution in [0.3, 0.4) is 0 Å².